The third kappa shape index (κ3) is 4.36. The van der Waals surface area contributed by atoms with Crippen molar-refractivity contribution in [2.24, 2.45) is 17.8 Å². The standard InChI is InChI=1S/C13H26OS/c1-10(2)12(9-15)8-14-13-7-5-4-6-11(13)3/h10-13,15H,4-9H2,1-3H3. The highest BCUT2D eigenvalue weighted by molar-refractivity contribution is 7.80. The summed E-state index contributed by atoms with van der Waals surface area (Å²) >= 11 is 4.40. The van der Waals surface area contributed by atoms with Crippen LogP contribution in [0.25, 0.3) is 0 Å². The van der Waals surface area contributed by atoms with Crippen LogP contribution < -0.4 is 0 Å². The van der Waals surface area contributed by atoms with Crippen LogP contribution in [0.1, 0.15) is 46.5 Å². The number of hydrogen-bond donors (Lipinski definition) is 1. The van der Waals surface area contributed by atoms with Crippen molar-refractivity contribution in [1.82, 2.24) is 0 Å². The summed E-state index contributed by atoms with van der Waals surface area (Å²) in [6, 6.07) is 0. The summed E-state index contributed by atoms with van der Waals surface area (Å²) in [5.41, 5.74) is 0. The molecule has 0 aromatic rings. The molecule has 1 saturated carbocycles. The van der Waals surface area contributed by atoms with E-state index in [1.807, 2.05) is 0 Å². The lowest BCUT2D eigenvalue weighted by Gasteiger charge is -2.30. The molecule has 0 amide bonds. The molecule has 15 heavy (non-hydrogen) atoms. The molecular weight excluding hydrogens is 204 g/mol. The van der Waals surface area contributed by atoms with Gasteiger partial charge in [0, 0.05) is 0 Å². The van der Waals surface area contributed by atoms with Crippen LogP contribution in [-0.2, 0) is 4.74 Å². The maximum absolute atomic E-state index is 6.06. The van der Waals surface area contributed by atoms with E-state index in [0.29, 0.717) is 17.9 Å². The summed E-state index contributed by atoms with van der Waals surface area (Å²) in [6.07, 6.45) is 5.86. The highest BCUT2D eigenvalue weighted by Gasteiger charge is 2.23. The molecule has 1 fully saturated rings. The Kier molecular flexibility index (Phi) is 6.06. The molecule has 1 nitrogen and oxygen atoms in total. The highest BCUT2D eigenvalue weighted by atomic mass is 32.1. The number of thiol groups is 1. The van der Waals surface area contributed by atoms with E-state index in [-0.39, 0.29) is 0 Å². The van der Waals surface area contributed by atoms with Gasteiger partial charge in [-0.3, -0.25) is 0 Å². The molecule has 0 radical (unpaired) electrons. The average molecular weight is 230 g/mol. The molecule has 3 unspecified atom stereocenters. The molecule has 0 heterocycles. The molecule has 0 aliphatic heterocycles. The van der Waals surface area contributed by atoms with Crippen molar-refractivity contribution in [2.75, 3.05) is 12.4 Å². The van der Waals surface area contributed by atoms with Gasteiger partial charge in [0.05, 0.1) is 12.7 Å². The Morgan fingerprint density at radius 3 is 2.47 bits per heavy atom. The van der Waals surface area contributed by atoms with E-state index in [2.05, 4.69) is 33.4 Å². The monoisotopic (exact) mass is 230 g/mol. The molecule has 2 heteroatoms. The van der Waals surface area contributed by atoms with Crippen LogP contribution in [0.15, 0.2) is 0 Å². The van der Waals surface area contributed by atoms with Gasteiger partial charge in [0.15, 0.2) is 0 Å². The first-order valence-corrected chi connectivity index (χ1v) is 7.00. The van der Waals surface area contributed by atoms with Gasteiger partial charge in [0.1, 0.15) is 0 Å². The maximum atomic E-state index is 6.06. The summed E-state index contributed by atoms with van der Waals surface area (Å²) in [5, 5.41) is 0. The lowest BCUT2D eigenvalue weighted by molar-refractivity contribution is -0.0246. The zero-order valence-corrected chi connectivity index (χ0v) is 11.3. The van der Waals surface area contributed by atoms with Gasteiger partial charge in [-0.15, -0.1) is 0 Å². The van der Waals surface area contributed by atoms with Crippen LogP contribution in [0.5, 0.6) is 0 Å². The first-order valence-electron chi connectivity index (χ1n) is 6.37. The summed E-state index contributed by atoms with van der Waals surface area (Å²) < 4.78 is 6.06. The summed E-state index contributed by atoms with van der Waals surface area (Å²) in [5.74, 6) is 2.99. The van der Waals surface area contributed by atoms with Gasteiger partial charge in [-0.1, -0.05) is 33.6 Å². The third-order valence-corrected chi connectivity index (χ3v) is 4.20. The third-order valence-electron chi connectivity index (χ3n) is 3.73. The molecule has 3 atom stereocenters. The second kappa shape index (κ2) is 6.80. The normalized spacial score (nSPS) is 29.4. The Bertz CT molecular complexity index is 170. The van der Waals surface area contributed by atoms with Crippen molar-refractivity contribution in [1.29, 1.82) is 0 Å². The molecule has 0 spiro atoms. The van der Waals surface area contributed by atoms with Crippen molar-refractivity contribution >= 4 is 12.6 Å². The second-order valence-corrected chi connectivity index (χ2v) is 5.69. The predicted molar refractivity (Wildman–Crippen MR) is 69.6 cm³/mol. The van der Waals surface area contributed by atoms with Crippen molar-refractivity contribution < 1.29 is 4.74 Å². The zero-order valence-electron chi connectivity index (χ0n) is 10.4. The van der Waals surface area contributed by atoms with Crippen LogP contribution in [0.3, 0.4) is 0 Å². The smallest absolute Gasteiger partial charge is 0.0600 e. The SMILES string of the molecule is CC(C)C(CS)COC1CCCCC1C. The van der Waals surface area contributed by atoms with Gasteiger partial charge in [0.2, 0.25) is 0 Å². The van der Waals surface area contributed by atoms with E-state index < -0.39 is 0 Å². The van der Waals surface area contributed by atoms with Gasteiger partial charge >= 0.3 is 0 Å². The molecule has 1 aliphatic carbocycles. The van der Waals surface area contributed by atoms with E-state index in [1.54, 1.807) is 0 Å². The Morgan fingerprint density at radius 2 is 1.93 bits per heavy atom. The molecular formula is C13H26OS. The van der Waals surface area contributed by atoms with Gasteiger partial charge < -0.3 is 4.74 Å². The minimum atomic E-state index is 0.514. The van der Waals surface area contributed by atoms with Gasteiger partial charge in [-0.25, -0.2) is 0 Å². The molecule has 0 bridgehead atoms. The molecule has 1 aliphatic rings. The molecule has 90 valence electrons. The Balaban J connectivity index is 2.27. The van der Waals surface area contributed by atoms with Gasteiger partial charge in [0.25, 0.3) is 0 Å². The van der Waals surface area contributed by atoms with E-state index in [0.717, 1.165) is 18.3 Å². The fraction of sp³-hybridized carbons (Fsp3) is 1.00. The topological polar surface area (TPSA) is 9.23 Å². The zero-order chi connectivity index (χ0) is 11.3. The fourth-order valence-electron chi connectivity index (χ4n) is 2.23. The second-order valence-electron chi connectivity index (χ2n) is 5.32. The fourth-order valence-corrected chi connectivity index (χ4v) is 2.76. The molecule has 0 aromatic carbocycles. The maximum Gasteiger partial charge on any atom is 0.0600 e. The summed E-state index contributed by atoms with van der Waals surface area (Å²) in [6.45, 7) is 7.74. The van der Waals surface area contributed by atoms with Crippen molar-refractivity contribution in [2.45, 2.75) is 52.6 Å². The van der Waals surface area contributed by atoms with Crippen LogP contribution >= 0.6 is 12.6 Å². The van der Waals surface area contributed by atoms with E-state index in [4.69, 9.17) is 4.74 Å². The van der Waals surface area contributed by atoms with Crippen molar-refractivity contribution in [3.05, 3.63) is 0 Å². The van der Waals surface area contributed by atoms with Gasteiger partial charge in [-0.2, -0.15) is 12.6 Å². The minimum absolute atomic E-state index is 0.514. The van der Waals surface area contributed by atoms with Crippen LogP contribution in [0.2, 0.25) is 0 Å². The highest BCUT2D eigenvalue weighted by Crippen LogP contribution is 2.27. The average Bonchev–Trinajstić information content (AvgIpc) is 2.21. The predicted octanol–water partition coefficient (Wildman–Crippen LogP) is 3.78. The Morgan fingerprint density at radius 1 is 1.27 bits per heavy atom. The first kappa shape index (κ1) is 13.4. The van der Waals surface area contributed by atoms with E-state index in [1.165, 1.54) is 25.7 Å². The van der Waals surface area contributed by atoms with Crippen molar-refractivity contribution in [3.63, 3.8) is 0 Å². The van der Waals surface area contributed by atoms with Crippen LogP contribution in [0.4, 0.5) is 0 Å². The lowest BCUT2D eigenvalue weighted by atomic mass is 9.88. The van der Waals surface area contributed by atoms with Crippen molar-refractivity contribution in [3.8, 4) is 0 Å². The lowest BCUT2D eigenvalue weighted by Crippen LogP contribution is -2.29. The van der Waals surface area contributed by atoms with Crippen LogP contribution in [0, 0.1) is 17.8 Å². The van der Waals surface area contributed by atoms with Crippen LogP contribution in [-0.4, -0.2) is 18.5 Å². The minimum Gasteiger partial charge on any atom is -0.378 e. The summed E-state index contributed by atoms with van der Waals surface area (Å²) in [4.78, 5) is 0. The summed E-state index contributed by atoms with van der Waals surface area (Å²) in [7, 11) is 0. The Hall–Kier alpha value is 0.310. The van der Waals surface area contributed by atoms with E-state index in [9.17, 15) is 0 Å². The Labute approximate surface area is 100 Å². The molecule has 1 rings (SSSR count). The number of hydrogen-bond acceptors (Lipinski definition) is 2. The van der Waals surface area contributed by atoms with Gasteiger partial charge in [-0.05, 0) is 36.3 Å². The van der Waals surface area contributed by atoms with E-state index >= 15 is 0 Å². The molecule has 0 saturated heterocycles. The number of ether oxygens (including phenoxy) is 1. The molecule has 0 aromatic heterocycles. The first-order chi connectivity index (χ1) is 7.15. The molecule has 0 N–H and O–H groups in total. The largest absolute Gasteiger partial charge is 0.378 e. The number of rotatable bonds is 5. The quantitative estimate of drug-likeness (QED) is 0.707.